The van der Waals surface area contributed by atoms with Crippen LogP contribution in [0.4, 0.5) is 0 Å². The average molecular weight is 199 g/mol. The molecule has 2 aromatic rings. The third-order valence-corrected chi connectivity index (χ3v) is 2.09. The van der Waals surface area contributed by atoms with Gasteiger partial charge in [0.1, 0.15) is 5.60 Å². The molecule has 0 aliphatic heterocycles. The third-order valence-electron chi connectivity index (χ3n) is 2.09. The van der Waals surface area contributed by atoms with E-state index in [0.29, 0.717) is 0 Å². The van der Waals surface area contributed by atoms with E-state index in [1.165, 1.54) is 0 Å². The normalized spacial score (nSPS) is 11.1. The zero-order chi connectivity index (χ0) is 10.9. The van der Waals surface area contributed by atoms with Crippen molar-refractivity contribution in [3.63, 3.8) is 0 Å². The molecule has 0 radical (unpaired) electrons. The summed E-state index contributed by atoms with van der Waals surface area (Å²) < 4.78 is 0. The smallest absolute Gasteiger partial charge is 0.120 e. The van der Waals surface area contributed by atoms with Crippen molar-refractivity contribution < 1.29 is 5.11 Å². The zero-order valence-electron chi connectivity index (χ0n) is 8.83. The first-order valence-corrected chi connectivity index (χ1v) is 4.88. The number of benzene rings is 1. The molecular weight excluding hydrogens is 186 g/mol. The van der Waals surface area contributed by atoms with E-state index in [1.807, 2.05) is 30.5 Å². The fourth-order valence-electron chi connectivity index (χ4n) is 1.40. The van der Waals surface area contributed by atoms with Crippen molar-refractivity contribution in [2.75, 3.05) is 0 Å². The Morgan fingerprint density at radius 3 is 2.73 bits per heavy atom. The van der Waals surface area contributed by atoms with Crippen LogP contribution in [0.1, 0.15) is 19.4 Å². The summed E-state index contributed by atoms with van der Waals surface area (Å²) in [6.45, 7) is 3.35. The van der Waals surface area contributed by atoms with E-state index in [0.717, 1.165) is 16.5 Å². The third kappa shape index (κ3) is 2.20. The predicted octanol–water partition coefficient (Wildman–Crippen LogP) is 2.29. The van der Waals surface area contributed by atoms with E-state index < -0.39 is 5.60 Å². The lowest BCUT2D eigenvalue weighted by molar-refractivity contribution is 0.143. The largest absolute Gasteiger partial charge is 0.378 e. The number of aromatic nitrogens is 1. The van der Waals surface area contributed by atoms with Gasteiger partial charge in [-0.2, -0.15) is 0 Å². The van der Waals surface area contributed by atoms with Gasteiger partial charge in [-0.05, 0) is 19.9 Å². The number of hydrogen-bond acceptors (Lipinski definition) is 1. The van der Waals surface area contributed by atoms with E-state index in [-0.39, 0.29) is 0 Å². The van der Waals surface area contributed by atoms with Crippen LogP contribution < -0.4 is 0 Å². The molecule has 0 spiro atoms. The van der Waals surface area contributed by atoms with Crippen LogP contribution in [0.5, 0.6) is 0 Å². The molecule has 1 aromatic carbocycles. The van der Waals surface area contributed by atoms with Gasteiger partial charge in [-0.1, -0.05) is 30.0 Å². The molecule has 2 heteroatoms. The van der Waals surface area contributed by atoms with Crippen LogP contribution in [0.3, 0.4) is 0 Å². The molecule has 0 aliphatic rings. The maximum atomic E-state index is 9.50. The lowest BCUT2D eigenvalue weighted by Gasteiger charge is -2.05. The number of H-pyrrole nitrogens is 1. The van der Waals surface area contributed by atoms with E-state index in [9.17, 15) is 5.11 Å². The molecule has 0 saturated carbocycles. The standard InChI is InChI=1S/C13H13NO/c1-13(2,15)8-7-10-9-14-12-6-4-3-5-11(10)12/h3-6,9,14-15H,1-2H3. The molecule has 2 N–H and O–H groups in total. The molecule has 0 bridgehead atoms. The van der Waals surface area contributed by atoms with Gasteiger partial charge in [0.25, 0.3) is 0 Å². The Balaban J connectivity index is 2.48. The maximum absolute atomic E-state index is 9.50. The second kappa shape index (κ2) is 3.45. The van der Waals surface area contributed by atoms with Gasteiger partial charge in [0.15, 0.2) is 0 Å². The molecule has 2 nitrogen and oxygen atoms in total. The minimum Gasteiger partial charge on any atom is -0.378 e. The number of nitrogens with one attached hydrogen (secondary N) is 1. The van der Waals surface area contributed by atoms with Crippen LogP contribution in [0.15, 0.2) is 30.5 Å². The Bertz CT molecular complexity index is 535. The molecule has 15 heavy (non-hydrogen) atoms. The van der Waals surface area contributed by atoms with Crippen LogP contribution in [-0.2, 0) is 0 Å². The van der Waals surface area contributed by atoms with Crippen LogP contribution in [-0.4, -0.2) is 15.7 Å². The summed E-state index contributed by atoms with van der Waals surface area (Å²) in [5.74, 6) is 5.78. The number of aromatic amines is 1. The van der Waals surface area contributed by atoms with Gasteiger partial charge in [0, 0.05) is 22.7 Å². The fraction of sp³-hybridized carbons (Fsp3) is 0.231. The molecule has 1 aromatic heterocycles. The van der Waals surface area contributed by atoms with Crippen LogP contribution in [0.2, 0.25) is 0 Å². The van der Waals surface area contributed by atoms with Crippen molar-refractivity contribution in [2.45, 2.75) is 19.4 Å². The number of para-hydroxylation sites is 1. The minimum atomic E-state index is -0.946. The molecule has 76 valence electrons. The van der Waals surface area contributed by atoms with Crippen molar-refractivity contribution >= 4 is 10.9 Å². The lowest BCUT2D eigenvalue weighted by Crippen LogP contribution is -2.14. The highest BCUT2D eigenvalue weighted by atomic mass is 16.3. The Morgan fingerprint density at radius 2 is 2.00 bits per heavy atom. The van der Waals surface area contributed by atoms with Crippen molar-refractivity contribution in [3.05, 3.63) is 36.0 Å². The highest BCUT2D eigenvalue weighted by Gasteiger charge is 2.06. The van der Waals surface area contributed by atoms with Gasteiger partial charge in [-0.25, -0.2) is 0 Å². The summed E-state index contributed by atoms with van der Waals surface area (Å²) in [7, 11) is 0. The van der Waals surface area contributed by atoms with Gasteiger partial charge >= 0.3 is 0 Å². The summed E-state index contributed by atoms with van der Waals surface area (Å²) >= 11 is 0. The first-order chi connectivity index (χ1) is 7.06. The second-order valence-corrected chi connectivity index (χ2v) is 4.06. The van der Waals surface area contributed by atoms with Gasteiger partial charge in [-0.3, -0.25) is 0 Å². The second-order valence-electron chi connectivity index (χ2n) is 4.06. The summed E-state index contributed by atoms with van der Waals surface area (Å²) in [6.07, 6.45) is 1.86. The Kier molecular flexibility index (Phi) is 2.26. The topological polar surface area (TPSA) is 36.0 Å². The molecule has 0 aliphatic carbocycles. The quantitative estimate of drug-likeness (QED) is 0.627. The van der Waals surface area contributed by atoms with Crippen LogP contribution >= 0.6 is 0 Å². The highest BCUT2D eigenvalue weighted by Crippen LogP contribution is 2.16. The van der Waals surface area contributed by atoms with E-state index in [1.54, 1.807) is 13.8 Å². The SMILES string of the molecule is CC(C)(O)C#Cc1c[nH]c2ccccc12. The number of rotatable bonds is 0. The van der Waals surface area contributed by atoms with Crippen molar-refractivity contribution in [1.29, 1.82) is 0 Å². The summed E-state index contributed by atoms with van der Waals surface area (Å²) in [4.78, 5) is 3.14. The Labute approximate surface area is 88.9 Å². The van der Waals surface area contributed by atoms with Crippen LogP contribution in [0.25, 0.3) is 10.9 Å². The molecule has 0 fully saturated rings. The number of aliphatic hydroxyl groups is 1. The van der Waals surface area contributed by atoms with Gasteiger partial charge in [0.05, 0.1) is 0 Å². The van der Waals surface area contributed by atoms with Crippen molar-refractivity contribution in [3.8, 4) is 11.8 Å². The van der Waals surface area contributed by atoms with Crippen molar-refractivity contribution in [2.24, 2.45) is 0 Å². The Hall–Kier alpha value is -1.72. The average Bonchev–Trinajstić information content (AvgIpc) is 2.57. The zero-order valence-corrected chi connectivity index (χ0v) is 8.83. The van der Waals surface area contributed by atoms with Gasteiger partial charge < -0.3 is 10.1 Å². The Morgan fingerprint density at radius 1 is 1.27 bits per heavy atom. The van der Waals surface area contributed by atoms with Gasteiger partial charge in [-0.15, -0.1) is 0 Å². The fourth-order valence-corrected chi connectivity index (χ4v) is 1.40. The first kappa shape index (κ1) is 9.82. The van der Waals surface area contributed by atoms with E-state index in [4.69, 9.17) is 0 Å². The molecule has 0 amide bonds. The maximum Gasteiger partial charge on any atom is 0.120 e. The van der Waals surface area contributed by atoms with E-state index >= 15 is 0 Å². The lowest BCUT2D eigenvalue weighted by atomic mass is 10.1. The molecular formula is C13H13NO. The summed E-state index contributed by atoms with van der Waals surface area (Å²) in [5.41, 5.74) is 1.04. The highest BCUT2D eigenvalue weighted by molar-refractivity contribution is 5.85. The van der Waals surface area contributed by atoms with E-state index in [2.05, 4.69) is 16.8 Å². The van der Waals surface area contributed by atoms with Crippen LogP contribution in [0, 0.1) is 11.8 Å². The molecule has 1 heterocycles. The summed E-state index contributed by atoms with van der Waals surface area (Å²) in [5, 5.41) is 10.6. The predicted molar refractivity (Wildman–Crippen MR) is 61.5 cm³/mol. The molecule has 0 saturated heterocycles. The first-order valence-electron chi connectivity index (χ1n) is 4.88. The molecule has 0 unspecified atom stereocenters. The van der Waals surface area contributed by atoms with Crippen molar-refractivity contribution in [1.82, 2.24) is 4.98 Å². The van der Waals surface area contributed by atoms with Gasteiger partial charge in [0.2, 0.25) is 0 Å². The molecule has 2 rings (SSSR count). The number of hydrogen-bond donors (Lipinski definition) is 2. The molecule has 0 atom stereocenters. The monoisotopic (exact) mass is 199 g/mol. The number of fused-ring (bicyclic) bond motifs is 1. The minimum absolute atomic E-state index is 0.924. The summed E-state index contributed by atoms with van der Waals surface area (Å²) in [6, 6.07) is 7.97.